The fraction of sp³-hybridized carbons (Fsp3) is 0.625. The van der Waals surface area contributed by atoms with Gasteiger partial charge in [0.15, 0.2) is 0 Å². The van der Waals surface area contributed by atoms with Crippen molar-refractivity contribution in [3.63, 3.8) is 0 Å². The van der Waals surface area contributed by atoms with Crippen LogP contribution < -0.4 is 5.32 Å². The summed E-state index contributed by atoms with van der Waals surface area (Å²) in [5.41, 5.74) is 0.536. The summed E-state index contributed by atoms with van der Waals surface area (Å²) in [5.74, 6) is 0. The number of anilines is 1. The first kappa shape index (κ1) is 24.4. The summed E-state index contributed by atoms with van der Waals surface area (Å²) in [6.07, 6.45) is 9.16. The van der Waals surface area contributed by atoms with Gasteiger partial charge in [0.1, 0.15) is 0 Å². The Morgan fingerprint density at radius 1 is 0.867 bits per heavy atom. The molecule has 0 radical (unpaired) electrons. The highest BCUT2D eigenvalue weighted by Gasteiger charge is 2.30. The van der Waals surface area contributed by atoms with Crippen LogP contribution in [0.3, 0.4) is 0 Å². The van der Waals surface area contributed by atoms with Crippen molar-refractivity contribution in [3.05, 3.63) is 36.0 Å². The van der Waals surface area contributed by atoms with Gasteiger partial charge in [-0.15, -0.1) is 0 Å². The number of pyridine rings is 1. The quantitative estimate of drug-likeness (QED) is 0.299. The lowest BCUT2D eigenvalue weighted by atomic mass is 10.1. The Kier molecular flexibility index (Phi) is 11.0. The van der Waals surface area contributed by atoms with Gasteiger partial charge >= 0.3 is 6.18 Å². The van der Waals surface area contributed by atoms with E-state index in [0.717, 1.165) is 62.2 Å². The molecule has 0 bridgehead atoms. The van der Waals surface area contributed by atoms with E-state index in [1.54, 1.807) is 6.20 Å². The lowest BCUT2D eigenvalue weighted by Gasteiger charge is -2.11. The molecule has 2 aromatic rings. The molecule has 0 saturated heterocycles. The zero-order valence-corrected chi connectivity index (χ0v) is 18.1. The molecule has 6 heteroatoms. The molecule has 30 heavy (non-hydrogen) atoms. The molecule has 0 aliphatic carbocycles. The van der Waals surface area contributed by atoms with Gasteiger partial charge in [-0.1, -0.05) is 57.9 Å². The van der Waals surface area contributed by atoms with Crippen molar-refractivity contribution in [1.29, 1.82) is 0 Å². The van der Waals surface area contributed by atoms with Crippen LogP contribution >= 0.6 is 0 Å². The molecule has 1 aromatic carbocycles. The number of alkyl halides is 3. The van der Waals surface area contributed by atoms with Crippen LogP contribution in [0.25, 0.3) is 10.9 Å². The molecule has 0 saturated carbocycles. The summed E-state index contributed by atoms with van der Waals surface area (Å²) < 4.78 is 44.2. The van der Waals surface area contributed by atoms with Crippen LogP contribution in [0.2, 0.25) is 0 Å². The third kappa shape index (κ3) is 8.90. The summed E-state index contributed by atoms with van der Waals surface area (Å²) in [5, 5.41) is 4.07. The molecule has 0 spiro atoms. The standard InChI is InChI=1S/C24H35F3N2O/c1-2-3-4-10-17-30-18-11-8-6-5-7-9-15-28-22-14-16-29-23-19-20(24(25,26)27)12-13-21(22)23/h12-14,16,19H,2-11,15,17-18H2,1H3,(H,28,29). The Hall–Kier alpha value is -1.82. The number of ether oxygens (including phenoxy) is 1. The largest absolute Gasteiger partial charge is 0.416 e. The number of hydrogen-bond donors (Lipinski definition) is 1. The van der Waals surface area contributed by atoms with Crippen LogP contribution in [-0.2, 0) is 10.9 Å². The number of rotatable bonds is 15. The van der Waals surface area contributed by atoms with Crippen molar-refractivity contribution in [3.8, 4) is 0 Å². The van der Waals surface area contributed by atoms with Crippen LogP contribution in [-0.4, -0.2) is 24.7 Å². The molecule has 1 aromatic heterocycles. The number of unbranched alkanes of at least 4 members (excludes halogenated alkanes) is 8. The number of fused-ring (bicyclic) bond motifs is 1. The van der Waals surface area contributed by atoms with Crippen molar-refractivity contribution in [1.82, 2.24) is 4.98 Å². The lowest BCUT2D eigenvalue weighted by molar-refractivity contribution is -0.137. The fourth-order valence-corrected chi connectivity index (χ4v) is 3.47. The van der Waals surface area contributed by atoms with E-state index in [4.69, 9.17) is 4.74 Å². The van der Waals surface area contributed by atoms with Crippen molar-refractivity contribution >= 4 is 16.6 Å². The van der Waals surface area contributed by atoms with Crippen molar-refractivity contribution in [2.24, 2.45) is 0 Å². The average Bonchev–Trinajstić information content (AvgIpc) is 2.73. The highest BCUT2D eigenvalue weighted by molar-refractivity contribution is 5.91. The molecular weight excluding hydrogens is 389 g/mol. The molecule has 0 aliphatic rings. The molecule has 0 atom stereocenters. The zero-order chi connectivity index (χ0) is 21.7. The van der Waals surface area contributed by atoms with Crippen LogP contribution in [0.1, 0.15) is 76.7 Å². The van der Waals surface area contributed by atoms with Crippen molar-refractivity contribution < 1.29 is 17.9 Å². The van der Waals surface area contributed by atoms with E-state index >= 15 is 0 Å². The maximum Gasteiger partial charge on any atom is 0.416 e. The van der Waals surface area contributed by atoms with E-state index in [9.17, 15) is 13.2 Å². The summed E-state index contributed by atoms with van der Waals surface area (Å²) in [6.45, 7) is 4.79. The summed E-state index contributed by atoms with van der Waals surface area (Å²) in [7, 11) is 0. The predicted molar refractivity (Wildman–Crippen MR) is 118 cm³/mol. The summed E-state index contributed by atoms with van der Waals surface area (Å²) in [6, 6.07) is 5.54. The highest BCUT2D eigenvalue weighted by Crippen LogP contribution is 2.32. The number of nitrogens with zero attached hydrogens (tertiary/aromatic N) is 1. The smallest absolute Gasteiger partial charge is 0.384 e. The normalized spacial score (nSPS) is 11.9. The number of aromatic nitrogens is 1. The molecule has 0 aliphatic heterocycles. The molecule has 1 heterocycles. The van der Waals surface area contributed by atoms with Gasteiger partial charge in [-0.05, 0) is 37.5 Å². The minimum atomic E-state index is -4.35. The minimum Gasteiger partial charge on any atom is -0.384 e. The van der Waals surface area contributed by atoms with E-state index in [-0.39, 0.29) is 0 Å². The Bertz CT molecular complexity index is 734. The average molecular weight is 425 g/mol. The summed E-state index contributed by atoms with van der Waals surface area (Å²) in [4.78, 5) is 4.08. The molecule has 2 rings (SSSR count). The Morgan fingerprint density at radius 2 is 1.53 bits per heavy atom. The third-order valence-corrected chi connectivity index (χ3v) is 5.24. The van der Waals surface area contributed by atoms with Gasteiger partial charge in [-0.25, -0.2) is 0 Å². The number of hydrogen-bond acceptors (Lipinski definition) is 3. The predicted octanol–water partition coefficient (Wildman–Crippen LogP) is 7.60. The van der Waals surface area contributed by atoms with Gasteiger partial charge in [-0.3, -0.25) is 4.98 Å². The first-order valence-electron chi connectivity index (χ1n) is 11.3. The molecule has 3 nitrogen and oxygen atoms in total. The molecule has 0 unspecified atom stereocenters. The monoisotopic (exact) mass is 424 g/mol. The molecule has 0 amide bonds. The van der Waals surface area contributed by atoms with Crippen molar-refractivity contribution in [2.75, 3.05) is 25.1 Å². The van der Waals surface area contributed by atoms with Crippen molar-refractivity contribution in [2.45, 2.75) is 77.3 Å². The van der Waals surface area contributed by atoms with Gasteiger partial charge in [0.05, 0.1) is 11.1 Å². The maximum absolute atomic E-state index is 12.9. The summed E-state index contributed by atoms with van der Waals surface area (Å²) >= 11 is 0. The Labute approximate surface area is 178 Å². The lowest BCUT2D eigenvalue weighted by Crippen LogP contribution is -2.06. The van der Waals surface area contributed by atoms with Gasteiger partial charge < -0.3 is 10.1 Å². The molecular formula is C24H35F3N2O. The first-order valence-corrected chi connectivity index (χ1v) is 11.3. The Morgan fingerprint density at radius 3 is 2.23 bits per heavy atom. The van der Waals surface area contributed by atoms with Crippen LogP contribution in [0.15, 0.2) is 30.5 Å². The van der Waals surface area contributed by atoms with Crippen LogP contribution in [0.5, 0.6) is 0 Å². The Balaban J connectivity index is 1.56. The van der Waals surface area contributed by atoms with Gasteiger partial charge in [0.2, 0.25) is 0 Å². The number of halogens is 3. The first-order chi connectivity index (χ1) is 14.5. The van der Waals surface area contributed by atoms with Gasteiger partial charge in [0, 0.05) is 37.0 Å². The highest BCUT2D eigenvalue weighted by atomic mass is 19.4. The molecule has 0 fully saturated rings. The zero-order valence-electron chi connectivity index (χ0n) is 18.1. The van der Waals surface area contributed by atoms with E-state index < -0.39 is 11.7 Å². The van der Waals surface area contributed by atoms with E-state index in [2.05, 4.69) is 17.2 Å². The van der Waals surface area contributed by atoms with Gasteiger partial charge in [-0.2, -0.15) is 13.2 Å². The maximum atomic E-state index is 12.9. The van der Waals surface area contributed by atoms with E-state index in [0.29, 0.717) is 5.52 Å². The molecule has 1 N–H and O–H groups in total. The second-order valence-corrected chi connectivity index (χ2v) is 7.81. The van der Waals surface area contributed by atoms with Crippen LogP contribution in [0, 0.1) is 0 Å². The SMILES string of the molecule is CCCCCCOCCCCCCCCNc1ccnc2cc(C(F)(F)F)ccc12. The fourth-order valence-electron chi connectivity index (χ4n) is 3.47. The topological polar surface area (TPSA) is 34.1 Å². The van der Waals surface area contributed by atoms with E-state index in [1.807, 2.05) is 6.07 Å². The second-order valence-electron chi connectivity index (χ2n) is 7.81. The minimum absolute atomic E-state index is 0.363. The number of benzene rings is 1. The third-order valence-electron chi connectivity index (χ3n) is 5.24. The number of nitrogens with one attached hydrogen (secondary N) is 1. The second kappa shape index (κ2) is 13.5. The van der Waals surface area contributed by atoms with Crippen LogP contribution in [0.4, 0.5) is 18.9 Å². The van der Waals surface area contributed by atoms with Gasteiger partial charge in [0.25, 0.3) is 0 Å². The molecule has 168 valence electrons. The van der Waals surface area contributed by atoms with E-state index in [1.165, 1.54) is 51.0 Å².